The quantitative estimate of drug-likeness (QED) is 0.893. The standard InChI is InChI=1S/C11H15ClN2O4S/c1-11(2,3)18-10(17)14-6(4-8(15)16)9-13-5-7(12)19-9/h5-6H,4H2,1-3H3,(H,14,17)(H,15,16)/t6-/m0/s1. The molecule has 1 atom stereocenters. The molecule has 1 rings (SSSR count). The first kappa shape index (κ1) is 15.7. The van der Waals surface area contributed by atoms with Crippen LogP contribution in [0.1, 0.15) is 38.2 Å². The third kappa shape index (κ3) is 5.89. The number of nitrogens with one attached hydrogen (secondary N) is 1. The maximum atomic E-state index is 11.6. The van der Waals surface area contributed by atoms with Crippen LogP contribution in [0.25, 0.3) is 0 Å². The number of alkyl carbamates (subject to hydrolysis) is 1. The molecule has 0 bridgehead atoms. The van der Waals surface area contributed by atoms with Gasteiger partial charge in [0.1, 0.15) is 14.9 Å². The van der Waals surface area contributed by atoms with Crippen molar-refractivity contribution >= 4 is 35.0 Å². The SMILES string of the molecule is CC(C)(C)OC(=O)N[C@@H](CC(=O)O)c1ncc(Cl)s1. The van der Waals surface area contributed by atoms with Crippen LogP contribution in [0.15, 0.2) is 6.20 Å². The molecule has 0 aromatic carbocycles. The summed E-state index contributed by atoms with van der Waals surface area (Å²) in [5.41, 5.74) is -0.654. The number of nitrogens with zero attached hydrogens (tertiary/aromatic N) is 1. The maximum absolute atomic E-state index is 11.6. The van der Waals surface area contributed by atoms with Gasteiger partial charge in [0.25, 0.3) is 0 Å². The lowest BCUT2D eigenvalue weighted by molar-refractivity contribution is -0.137. The summed E-state index contributed by atoms with van der Waals surface area (Å²) in [4.78, 5) is 26.4. The van der Waals surface area contributed by atoms with Gasteiger partial charge in [0.2, 0.25) is 0 Å². The molecule has 0 radical (unpaired) electrons. The molecule has 0 spiro atoms. The Bertz CT molecular complexity index is 470. The molecule has 19 heavy (non-hydrogen) atoms. The van der Waals surface area contributed by atoms with E-state index in [0.717, 1.165) is 11.3 Å². The summed E-state index contributed by atoms with van der Waals surface area (Å²) >= 11 is 6.87. The Balaban J connectivity index is 2.76. The fraction of sp³-hybridized carbons (Fsp3) is 0.545. The first-order valence-corrected chi connectivity index (χ1v) is 6.69. The summed E-state index contributed by atoms with van der Waals surface area (Å²) in [5, 5.41) is 11.8. The Morgan fingerprint density at radius 3 is 2.63 bits per heavy atom. The molecule has 0 aliphatic carbocycles. The van der Waals surface area contributed by atoms with Gasteiger partial charge < -0.3 is 15.2 Å². The van der Waals surface area contributed by atoms with Gasteiger partial charge in [0.05, 0.1) is 18.7 Å². The van der Waals surface area contributed by atoms with Crippen molar-refractivity contribution in [3.05, 3.63) is 15.5 Å². The van der Waals surface area contributed by atoms with Crippen molar-refractivity contribution in [3.63, 3.8) is 0 Å². The zero-order valence-corrected chi connectivity index (χ0v) is 12.3. The number of hydrogen-bond donors (Lipinski definition) is 2. The van der Waals surface area contributed by atoms with E-state index < -0.39 is 23.7 Å². The number of carbonyl (C=O) groups excluding carboxylic acids is 1. The molecule has 1 aromatic rings. The Kier molecular flexibility index (Phi) is 5.13. The topological polar surface area (TPSA) is 88.5 Å². The van der Waals surface area contributed by atoms with Gasteiger partial charge in [-0.2, -0.15) is 0 Å². The molecule has 1 amide bonds. The first-order valence-electron chi connectivity index (χ1n) is 5.50. The minimum atomic E-state index is -1.05. The van der Waals surface area contributed by atoms with Crippen molar-refractivity contribution in [2.75, 3.05) is 0 Å². The maximum Gasteiger partial charge on any atom is 0.408 e. The second-order valence-electron chi connectivity index (χ2n) is 4.80. The van der Waals surface area contributed by atoms with Crippen LogP contribution < -0.4 is 5.32 Å². The Morgan fingerprint density at radius 1 is 1.58 bits per heavy atom. The van der Waals surface area contributed by atoms with Gasteiger partial charge in [-0.15, -0.1) is 11.3 Å². The molecule has 0 aliphatic heterocycles. The summed E-state index contributed by atoms with van der Waals surface area (Å²) in [6, 6.07) is -0.759. The summed E-state index contributed by atoms with van der Waals surface area (Å²) in [6.45, 7) is 5.16. The molecule has 106 valence electrons. The van der Waals surface area contributed by atoms with Crippen LogP contribution in [0.4, 0.5) is 4.79 Å². The smallest absolute Gasteiger partial charge is 0.408 e. The molecule has 0 unspecified atom stereocenters. The summed E-state index contributed by atoms with van der Waals surface area (Å²) in [6.07, 6.45) is 0.432. The lowest BCUT2D eigenvalue weighted by Crippen LogP contribution is -2.35. The third-order valence-corrected chi connectivity index (χ3v) is 3.09. The summed E-state index contributed by atoms with van der Waals surface area (Å²) in [5.74, 6) is -1.05. The number of carbonyl (C=O) groups is 2. The molecule has 0 saturated heterocycles. The van der Waals surface area contributed by atoms with E-state index in [1.165, 1.54) is 6.20 Å². The molecule has 0 aliphatic rings. The zero-order chi connectivity index (χ0) is 14.6. The van der Waals surface area contributed by atoms with Crippen LogP contribution in [-0.4, -0.2) is 27.8 Å². The number of carboxylic acids is 1. The van der Waals surface area contributed by atoms with Gasteiger partial charge in [0.15, 0.2) is 0 Å². The molecule has 0 saturated carbocycles. The lowest BCUT2D eigenvalue weighted by Gasteiger charge is -2.22. The molecule has 6 nitrogen and oxygen atoms in total. The minimum Gasteiger partial charge on any atom is -0.481 e. The average molecular weight is 307 g/mol. The normalized spacial score (nSPS) is 12.8. The highest BCUT2D eigenvalue weighted by atomic mass is 35.5. The first-order chi connectivity index (χ1) is 8.67. The van der Waals surface area contributed by atoms with Crippen LogP contribution in [0.3, 0.4) is 0 Å². The van der Waals surface area contributed by atoms with Gasteiger partial charge in [-0.25, -0.2) is 9.78 Å². The minimum absolute atomic E-state index is 0.289. The zero-order valence-electron chi connectivity index (χ0n) is 10.8. The molecule has 2 N–H and O–H groups in total. The number of halogens is 1. The fourth-order valence-electron chi connectivity index (χ4n) is 1.25. The highest BCUT2D eigenvalue weighted by Gasteiger charge is 2.24. The Labute approximate surface area is 119 Å². The largest absolute Gasteiger partial charge is 0.481 e. The molecule has 8 heteroatoms. The van der Waals surface area contributed by atoms with Crippen LogP contribution >= 0.6 is 22.9 Å². The Morgan fingerprint density at radius 2 is 2.21 bits per heavy atom. The van der Waals surface area contributed by atoms with Gasteiger partial charge in [-0.05, 0) is 20.8 Å². The molecular formula is C11H15ClN2O4S. The number of carboxylic acid groups (broad SMARTS) is 1. The summed E-state index contributed by atoms with van der Waals surface area (Å²) < 4.78 is 5.51. The molecule has 1 aromatic heterocycles. The molecule has 0 fully saturated rings. The van der Waals surface area contributed by atoms with Crippen LogP contribution in [0.5, 0.6) is 0 Å². The highest BCUT2D eigenvalue weighted by molar-refractivity contribution is 7.15. The number of aromatic nitrogens is 1. The predicted molar refractivity (Wildman–Crippen MR) is 71.5 cm³/mol. The van der Waals surface area contributed by atoms with Crippen LogP contribution in [-0.2, 0) is 9.53 Å². The van der Waals surface area contributed by atoms with E-state index >= 15 is 0 Å². The van der Waals surface area contributed by atoms with Crippen molar-refractivity contribution in [1.29, 1.82) is 0 Å². The van der Waals surface area contributed by atoms with Crippen LogP contribution in [0, 0.1) is 0 Å². The number of ether oxygens (including phenoxy) is 1. The van der Waals surface area contributed by atoms with E-state index in [0.29, 0.717) is 9.34 Å². The summed E-state index contributed by atoms with van der Waals surface area (Å²) in [7, 11) is 0. The number of aliphatic carboxylic acids is 1. The number of thiazole rings is 1. The van der Waals surface area contributed by atoms with E-state index in [9.17, 15) is 9.59 Å². The van der Waals surface area contributed by atoms with E-state index in [-0.39, 0.29) is 6.42 Å². The molecular weight excluding hydrogens is 292 g/mol. The van der Waals surface area contributed by atoms with Crippen molar-refractivity contribution < 1.29 is 19.4 Å². The van der Waals surface area contributed by atoms with E-state index in [2.05, 4.69) is 10.3 Å². The average Bonchev–Trinajstić information content (AvgIpc) is 2.60. The highest BCUT2D eigenvalue weighted by Crippen LogP contribution is 2.26. The number of rotatable bonds is 4. The fourth-order valence-corrected chi connectivity index (χ4v) is 2.23. The monoisotopic (exact) mass is 306 g/mol. The van der Waals surface area contributed by atoms with Crippen LogP contribution in [0.2, 0.25) is 4.34 Å². The second kappa shape index (κ2) is 6.21. The number of hydrogen-bond acceptors (Lipinski definition) is 5. The van der Waals surface area contributed by atoms with Gasteiger partial charge in [0, 0.05) is 0 Å². The van der Waals surface area contributed by atoms with Crippen molar-refractivity contribution in [1.82, 2.24) is 10.3 Å². The van der Waals surface area contributed by atoms with Crippen molar-refractivity contribution in [3.8, 4) is 0 Å². The van der Waals surface area contributed by atoms with Gasteiger partial charge in [-0.1, -0.05) is 11.6 Å². The van der Waals surface area contributed by atoms with Gasteiger partial charge >= 0.3 is 12.1 Å². The van der Waals surface area contributed by atoms with Crippen molar-refractivity contribution in [2.45, 2.75) is 38.8 Å². The van der Waals surface area contributed by atoms with E-state index in [4.69, 9.17) is 21.4 Å². The Hall–Kier alpha value is -1.34. The second-order valence-corrected chi connectivity index (χ2v) is 6.49. The van der Waals surface area contributed by atoms with E-state index in [1.54, 1.807) is 20.8 Å². The lowest BCUT2D eigenvalue weighted by atomic mass is 10.2. The number of amides is 1. The van der Waals surface area contributed by atoms with E-state index in [1.807, 2.05) is 0 Å². The third-order valence-electron chi connectivity index (χ3n) is 1.86. The predicted octanol–water partition coefficient (Wildman–Crippen LogP) is 2.84. The van der Waals surface area contributed by atoms with Gasteiger partial charge in [-0.3, -0.25) is 4.79 Å². The van der Waals surface area contributed by atoms with Crippen molar-refractivity contribution in [2.24, 2.45) is 0 Å². The molecule has 1 heterocycles.